The molecule has 0 radical (unpaired) electrons. The predicted octanol–water partition coefficient (Wildman–Crippen LogP) is 2.85. The molecule has 3 aliphatic rings. The fourth-order valence-electron chi connectivity index (χ4n) is 4.45. The first-order valence-corrected chi connectivity index (χ1v) is 8.62. The molecule has 4 rings (SSSR count). The third kappa shape index (κ3) is 2.02. The van der Waals surface area contributed by atoms with Gasteiger partial charge in [0.25, 0.3) is 0 Å². The summed E-state index contributed by atoms with van der Waals surface area (Å²) in [4.78, 5) is 22.0. The van der Waals surface area contributed by atoms with Crippen molar-refractivity contribution in [3.05, 3.63) is 28.7 Å². The van der Waals surface area contributed by atoms with E-state index in [0.29, 0.717) is 11.8 Å². The Bertz CT molecular complexity index is 804. The van der Waals surface area contributed by atoms with Crippen LogP contribution in [0, 0.1) is 23.2 Å². The zero-order chi connectivity index (χ0) is 17.1. The van der Waals surface area contributed by atoms with E-state index < -0.39 is 5.41 Å². The molecule has 0 aromatic carbocycles. The van der Waals surface area contributed by atoms with Gasteiger partial charge >= 0.3 is 0 Å². The van der Waals surface area contributed by atoms with E-state index in [-0.39, 0.29) is 23.2 Å². The lowest BCUT2D eigenvalue weighted by Gasteiger charge is -2.45. The predicted molar refractivity (Wildman–Crippen MR) is 87.6 cm³/mol. The zero-order valence-electron chi connectivity index (χ0n) is 14.3. The van der Waals surface area contributed by atoms with Gasteiger partial charge in [0.05, 0.1) is 18.4 Å². The van der Waals surface area contributed by atoms with Gasteiger partial charge < -0.3 is 4.74 Å². The van der Waals surface area contributed by atoms with Crippen LogP contribution in [-0.2, 0) is 16.6 Å². The highest BCUT2D eigenvalue weighted by Crippen LogP contribution is 2.51. The molecule has 0 amide bonds. The first kappa shape index (κ1) is 15.3. The third-order valence-electron chi connectivity index (χ3n) is 5.96. The number of ketones is 1. The molecule has 1 fully saturated rings. The Kier molecular flexibility index (Phi) is 3.28. The van der Waals surface area contributed by atoms with Crippen LogP contribution in [0.5, 0.6) is 5.88 Å². The van der Waals surface area contributed by atoms with Crippen molar-refractivity contribution in [2.24, 2.45) is 11.8 Å². The highest BCUT2D eigenvalue weighted by atomic mass is 16.5. The van der Waals surface area contributed by atoms with Crippen molar-refractivity contribution in [1.29, 1.82) is 5.26 Å². The number of methoxy groups -OCH3 is 1. The van der Waals surface area contributed by atoms with Gasteiger partial charge in [-0.15, -0.1) is 0 Å². The summed E-state index contributed by atoms with van der Waals surface area (Å²) in [5.41, 5.74) is 1.85. The Balaban J connectivity index is 1.95. The summed E-state index contributed by atoms with van der Waals surface area (Å²) in [5.74, 6) is 1.92. The van der Waals surface area contributed by atoms with Crippen LogP contribution in [0.2, 0.25) is 0 Å². The van der Waals surface area contributed by atoms with Crippen LogP contribution in [0.25, 0.3) is 0 Å². The number of rotatable bonds is 2. The van der Waals surface area contributed by atoms with Gasteiger partial charge in [-0.25, -0.2) is 4.98 Å². The Labute approximate surface area is 141 Å². The van der Waals surface area contributed by atoms with Crippen LogP contribution < -0.4 is 4.74 Å². The summed E-state index contributed by atoms with van der Waals surface area (Å²) in [6.45, 7) is 4.06. The summed E-state index contributed by atoms with van der Waals surface area (Å²) in [7, 11) is 1.65. The van der Waals surface area contributed by atoms with Crippen LogP contribution in [0.3, 0.4) is 0 Å². The monoisotopic (exact) mass is 323 g/mol. The van der Waals surface area contributed by atoms with E-state index >= 15 is 0 Å². The minimum absolute atomic E-state index is 0.0353. The number of hydrogen-bond donors (Lipinski definition) is 0. The van der Waals surface area contributed by atoms with Crippen molar-refractivity contribution in [1.82, 2.24) is 9.97 Å². The van der Waals surface area contributed by atoms with Crippen LogP contribution in [0.15, 0.2) is 11.6 Å². The van der Waals surface area contributed by atoms with Gasteiger partial charge in [-0.2, -0.15) is 10.2 Å². The third-order valence-corrected chi connectivity index (χ3v) is 5.96. The number of carbonyl (C=O) groups excluding carboxylic acids is 1. The normalized spacial score (nSPS) is 31.6. The lowest BCUT2D eigenvalue weighted by Crippen LogP contribution is -2.46. The minimum Gasteiger partial charge on any atom is -0.481 e. The fourth-order valence-corrected chi connectivity index (χ4v) is 4.45. The molecule has 0 saturated heterocycles. The van der Waals surface area contributed by atoms with Crippen molar-refractivity contribution in [2.75, 3.05) is 7.11 Å². The molecule has 124 valence electrons. The summed E-state index contributed by atoms with van der Waals surface area (Å²) in [5, 5.41) is 9.39. The van der Waals surface area contributed by atoms with Crippen molar-refractivity contribution in [3.8, 4) is 11.9 Å². The van der Waals surface area contributed by atoms with Gasteiger partial charge in [0.1, 0.15) is 11.9 Å². The van der Waals surface area contributed by atoms with Crippen molar-refractivity contribution >= 4 is 5.78 Å². The summed E-state index contributed by atoms with van der Waals surface area (Å²) in [6.07, 6.45) is 5.79. The fraction of sp³-hybridized carbons (Fsp3) is 0.579. The van der Waals surface area contributed by atoms with Crippen LogP contribution in [0.1, 0.15) is 56.1 Å². The van der Waals surface area contributed by atoms with Crippen LogP contribution in [-0.4, -0.2) is 22.9 Å². The highest BCUT2D eigenvalue weighted by molar-refractivity contribution is 6.02. The van der Waals surface area contributed by atoms with Crippen molar-refractivity contribution < 1.29 is 9.53 Å². The molecule has 1 heterocycles. The van der Waals surface area contributed by atoms with Gasteiger partial charge in [0, 0.05) is 22.8 Å². The smallest absolute Gasteiger partial charge is 0.219 e. The largest absolute Gasteiger partial charge is 0.481 e. The average molecular weight is 323 g/mol. The number of allylic oxidation sites excluding steroid dienone is 2. The van der Waals surface area contributed by atoms with Gasteiger partial charge in [0.15, 0.2) is 5.78 Å². The Hall–Kier alpha value is -2.22. The van der Waals surface area contributed by atoms with Crippen LogP contribution in [0.4, 0.5) is 0 Å². The molecule has 0 bridgehead atoms. The molecule has 3 atom stereocenters. The highest BCUT2D eigenvalue weighted by Gasteiger charge is 2.50. The number of aromatic nitrogens is 2. The Morgan fingerprint density at radius 1 is 1.33 bits per heavy atom. The average Bonchev–Trinajstić information content (AvgIpc) is 3.42. The van der Waals surface area contributed by atoms with E-state index in [4.69, 9.17) is 9.72 Å². The standard InChI is InChI=1S/C19H21N3O2/c1-10-14-7-6-13-16(19(14,2)8-12(9-20)15(10)23)21-17(11-4-5-11)22-18(13)24-3/h8,10-11,14H,4-7H2,1-3H3. The van der Waals surface area contributed by atoms with Crippen molar-refractivity contribution in [3.63, 3.8) is 0 Å². The van der Waals surface area contributed by atoms with Gasteiger partial charge in [0.2, 0.25) is 5.88 Å². The number of hydrogen-bond acceptors (Lipinski definition) is 5. The second-order valence-corrected chi connectivity index (χ2v) is 7.44. The summed E-state index contributed by atoms with van der Waals surface area (Å²) >= 11 is 0. The number of fused-ring (bicyclic) bond motifs is 3. The van der Waals surface area contributed by atoms with E-state index in [0.717, 1.165) is 42.8 Å². The number of Topliss-reactive ketones (excluding diaryl/α,β-unsaturated/α-hetero) is 1. The molecule has 3 unspecified atom stereocenters. The molecular formula is C19H21N3O2. The van der Waals surface area contributed by atoms with Gasteiger partial charge in [-0.1, -0.05) is 19.9 Å². The van der Waals surface area contributed by atoms with E-state index in [1.165, 1.54) is 0 Å². The molecule has 1 aromatic heterocycles. The SMILES string of the molecule is COc1nc(C2CC2)nc2c1CCC1C(C)C(=O)C(C#N)=CC21C. The van der Waals surface area contributed by atoms with Gasteiger partial charge in [-0.3, -0.25) is 4.79 Å². The molecule has 5 nitrogen and oxygen atoms in total. The molecule has 3 aliphatic carbocycles. The summed E-state index contributed by atoms with van der Waals surface area (Å²) < 4.78 is 5.55. The maximum Gasteiger partial charge on any atom is 0.219 e. The van der Waals surface area contributed by atoms with Gasteiger partial charge in [-0.05, 0) is 31.6 Å². The lowest BCUT2D eigenvalue weighted by molar-refractivity contribution is -0.121. The quantitative estimate of drug-likeness (QED) is 0.836. The Morgan fingerprint density at radius 2 is 2.08 bits per heavy atom. The second-order valence-electron chi connectivity index (χ2n) is 7.44. The number of ether oxygens (including phenoxy) is 1. The number of carbonyl (C=O) groups is 1. The maximum atomic E-state index is 12.4. The molecule has 24 heavy (non-hydrogen) atoms. The first-order chi connectivity index (χ1) is 11.5. The molecule has 0 aliphatic heterocycles. The maximum absolute atomic E-state index is 12.4. The molecule has 0 spiro atoms. The molecule has 5 heteroatoms. The zero-order valence-corrected chi connectivity index (χ0v) is 14.3. The molecular weight excluding hydrogens is 302 g/mol. The van der Waals surface area contributed by atoms with Crippen molar-refractivity contribution in [2.45, 2.75) is 50.9 Å². The lowest BCUT2D eigenvalue weighted by atomic mass is 9.58. The van der Waals surface area contributed by atoms with E-state index in [1.54, 1.807) is 7.11 Å². The first-order valence-electron chi connectivity index (χ1n) is 8.62. The van der Waals surface area contributed by atoms with E-state index in [9.17, 15) is 10.1 Å². The molecule has 0 N–H and O–H groups in total. The topological polar surface area (TPSA) is 75.9 Å². The summed E-state index contributed by atoms with van der Waals surface area (Å²) in [6, 6.07) is 2.09. The minimum atomic E-state index is -0.411. The molecule has 1 aromatic rings. The number of nitrogens with zero attached hydrogens (tertiary/aromatic N) is 3. The van der Waals surface area contributed by atoms with E-state index in [2.05, 4.69) is 18.0 Å². The second kappa shape index (κ2) is 5.14. The molecule has 1 saturated carbocycles. The van der Waals surface area contributed by atoms with E-state index in [1.807, 2.05) is 13.0 Å². The van der Waals surface area contributed by atoms with Crippen LogP contribution >= 0.6 is 0 Å². The Morgan fingerprint density at radius 3 is 2.71 bits per heavy atom. The number of nitriles is 1.